The molecule has 0 aromatic carbocycles. The normalized spacial score (nSPS) is 16.0. The number of hydrogen-bond donors (Lipinski definition) is 0. The van der Waals surface area contributed by atoms with E-state index in [9.17, 15) is 0 Å². The van der Waals surface area contributed by atoms with Crippen molar-refractivity contribution in [3.05, 3.63) is 24.3 Å². The van der Waals surface area contributed by atoms with E-state index in [4.69, 9.17) is 0 Å². The smallest absolute Gasteiger partial charge is 0 e. The predicted molar refractivity (Wildman–Crippen MR) is 44.0 cm³/mol. The molecule has 0 radical (unpaired) electrons. The van der Waals surface area contributed by atoms with Gasteiger partial charge in [-0.05, 0) is 25.7 Å². The summed E-state index contributed by atoms with van der Waals surface area (Å²) >= 11 is 0. The number of halogens is 1. The van der Waals surface area contributed by atoms with Crippen molar-refractivity contribution < 1.29 is 19.5 Å². The van der Waals surface area contributed by atoms with Gasteiger partial charge in [0.1, 0.15) is 0 Å². The molecule has 0 unspecified atom stereocenters. The van der Waals surface area contributed by atoms with Gasteiger partial charge in [-0.2, -0.15) is 0 Å². The van der Waals surface area contributed by atoms with Crippen molar-refractivity contribution in [1.82, 2.24) is 0 Å². The van der Waals surface area contributed by atoms with E-state index in [1.54, 1.807) is 0 Å². The molecule has 0 amide bonds. The standard InChI is InChI=1S/C8H12.ClH.Ru/c1-2-4-6-8-7-5-3-1;;/h1-4H,5-8H2;1H;. The maximum Gasteiger partial charge on any atom is 0 e. The molecule has 0 heterocycles. The second-order valence-corrected chi connectivity index (χ2v) is 2.14. The monoisotopic (exact) mass is 246 g/mol. The van der Waals surface area contributed by atoms with Crippen LogP contribution in [0.15, 0.2) is 24.3 Å². The van der Waals surface area contributed by atoms with E-state index in [-0.39, 0.29) is 31.9 Å². The summed E-state index contributed by atoms with van der Waals surface area (Å²) in [6.45, 7) is 0. The summed E-state index contributed by atoms with van der Waals surface area (Å²) in [6.07, 6.45) is 14.0. The van der Waals surface area contributed by atoms with Crippen molar-refractivity contribution in [2.24, 2.45) is 0 Å². The second-order valence-electron chi connectivity index (χ2n) is 2.14. The van der Waals surface area contributed by atoms with Crippen LogP contribution in [0.2, 0.25) is 0 Å². The number of rotatable bonds is 0. The molecule has 0 N–H and O–H groups in total. The Bertz CT molecular complexity index is 93.8. The molecule has 0 fully saturated rings. The van der Waals surface area contributed by atoms with Crippen LogP contribution in [0.1, 0.15) is 25.7 Å². The summed E-state index contributed by atoms with van der Waals surface area (Å²) in [5, 5.41) is 0. The first-order chi connectivity index (χ1) is 4.00. The largest absolute Gasteiger partial charge is 0.147 e. The molecule has 0 nitrogen and oxygen atoms in total. The first-order valence-electron chi connectivity index (χ1n) is 3.32. The predicted octanol–water partition coefficient (Wildman–Crippen LogP) is 3.09. The van der Waals surface area contributed by atoms with E-state index in [1.807, 2.05) is 0 Å². The van der Waals surface area contributed by atoms with Crippen LogP contribution < -0.4 is 0 Å². The van der Waals surface area contributed by atoms with E-state index >= 15 is 0 Å². The zero-order valence-electron chi connectivity index (χ0n) is 5.90. The SMILES string of the molecule is C1=CCCCCC=C1.Cl.[Ru]. The summed E-state index contributed by atoms with van der Waals surface area (Å²) in [5.74, 6) is 0. The molecule has 10 heavy (non-hydrogen) atoms. The van der Waals surface area contributed by atoms with Crippen LogP contribution in [-0.4, -0.2) is 0 Å². The van der Waals surface area contributed by atoms with Crippen molar-refractivity contribution in [2.75, 3.05) is 0 Å². The Morgan fingerprint density at radius 3 is 1.60 bits per heavy atom. The number of hydrogen-bond acceptors (Lipinski definition) is 0. The Morgan fingerprint density at radius 2 is 1.20 bits per heavy atom. The van der Waals surface area contributed by atoms with Gasteiger partial charge >= 0.3 is 0 Å². The van der Waals surface area contributed by atoms with E-state index in [1.165, 1.54) is 25.7 Å². The summed E-state index contributed by atoms with van der Waals surface area (Å²) < 4.78 is 0. The molecule has 1 aliphatic carbocycles. The quantitative estimate of drug-likeness (QED) is 0.576. The van der Waals surface area contributed by atoms with Crippen molar-refractivity contribution in [1.29, 1.82) is 0 Å². The minimum absolute atomic E-state index is 0. The maximum atomic E-state index is 2.23. The third-order valence-electron chi connectivity index (χ3n) is 1.37. The van der Waals surface area contributed by atoms with Crippen LogP contribution in [0.5, 0.6) is 0 Å². The summed E-state index contributed by atoms with van der Waals surface area (Å²) in [7, 11) is 0. The molecule has 0 saturated carbocycles. The van der Waals surface area contributed by atoms with Gasteiger partial charge in [-0.25, -0.2) is 0 Å². The molecule has 0 bridgehead atoms. The summed E-state index contributed by atoms with van der Waals surface area (Å²) in [4.78, 5) is 0. The van der Waals surface area contributed by atoms with Crippen LogP contribution in [0.3, 0.4) is 0 Å². The molecule has 60 valence electrons. The Morgan fingerprint density at radius 1 is 0.800 bits per heavy atom. The van der Waals surface area contributed by atoms with Gasteiger partial charge in [0.2, 0.25) is 0 Å². The van der Waals surface area contributed by atoms with Crippen LogP contribution in [0, 0.1) is 0 Å². The molecule has 0 aromatic heterocycles. The molecule has 1 rings (SSSR count). The fraction of sp³-hybridized carbons (Fsp3) is 0.500. The van der Waals surface area contributed by atoms with Gasteiger partial charge in [-0.1, -0.05) is 24.3 Å². The van der Waals surface area contributed by atoms with E-state index < -0.39 is 0 Å². The molecule has 0 aliphatic heterocycles. The Hall–Kier alpha value is 0.393. The van der Waals surface area contributed by atoms with Gasteiger partial charge < -0.3 is 0 Å². The fourth-order valence-electron chi connectivity index (χ4n) is 0.874. The van der Waals surface area contributed by atoms with Crippen molar-refractivity contribution in [3.63, 3.8) is 0 Å². The Labute approximate surface area is 81.9 Å². The fourth-order valence-corrected chi connectivity index (χ4v) is 0.874. The summed E-state index contributed by atoms with van der Waals surface area (Å²) in [6, 6.07) is 0. The zero-order valence-corrected chi connectivity index (χ0v) is 8.45. The van der Waals surface area contributed by atoms with Crippen LogP contribution in [0.25, 0.3) is 0 Å². The minimum atomic E-state index is 0. The molecular weight excluding hydrogens is 233 g/mol. The average molecular weight is 246 g/mol. The van der Waals surface area contributed by atoms with Gasteiger partial charge in [0.15, 0.2) is 0 Å². The first kappa shape index (κ1) is 13.0. The van der Waals surface area contributed by atoms with Gasteiger partial charge in [0.25, 0.3) is 0 Å². The van der Waals surface area contributed by atoms with Crippen molar-refractivity contribution in [3.8, 4) is 0 Å². The van der Waals surface area contributed by atoms with Crippen LogP contribution in [0.4, 0.5) is 0 Å². The minimum Gasteiger partial charge on any atom is -0.147 e. The molecule has 0 aromatic rings. The Kier molecular flexibility index (Phi) is 12.2. The average Bonchev–Trinajstić information content (AvgIpc) is 1.62. The first-order valence-corrected chi connectivity index (χ1v) is 3.32. The van der Waals surface area contributed by atoms with E-state index in [0.29, 0.717) is 0 Å². The molecule has 2 heteroatoms. The summed E-state index contributed by atoms with van der Waals surface area (Å²) in [5.41, 5.74) is 0. The molecule has 1 aliphatic rings. The number of allylic oxidation sites excluding steroid dienone is 4. The van der Waals surface area contributed by atoms with Crippen LogP contribution >= 0.6 is 12.4 Å². The van der Waals surface area contributed by atoms with Gasteiger partial charge in [-0.3, -0.25) is 0 Å². The van der Waals surface area contributed by atoms with Gasteiger partial charge in [0.05, 0.1) is 0 Å². The molecular formula is C8H13ClRu. The molecule has 0 saturated heterocycles. The third-order valence-corrected chi connectivity index (χ3v) is 1.37. The topological polar surface area (TPSA) is 0 Å². The zero-order chi connectivity index (χ0) is 5.66. The van der Waals surface area contributed by atoms with E-state index in [0.717, 1.165) is 0 Å². The van der Waals surface area contributed by atoms with Gasteiger partial charge in [-0.15, -0.1) is 12.4 Å². The maximum absolute atomic E-state index is 2.23. The third kappa shape index (κ3) is 6.51. The Balaban J connectivity index is 0. The second kappa shape index (κ2) is 9.39. The van der Waals surface area contributed by atoms with E-state index in [2.05, 4.69) is 24.3 Å². The van der Waals surface area contributed by atoms with Crippen molar-refractivity contribution in [2.45, 2.75) is 25.7 Å². The van der Waals surface area contributed by atoms with Gasteiger partial charge in [0, 0.05) is 19.5 Å². The molecule has 0 spiro atoms. The van der Waals surface area contributed by atoms with Crippen LogP contribution in [-0.2, 0) is 19.5 Å². The molecule has 0 atom stereocenters. The van der Waals surface area contributed by atoms with Crippen molar-refractivity contribution >= 4 is 12.4 Å².